The first-order chi connectivity index (χ1) is 6.41. The SMILES string of the molecule is CC[N+](CC)(CC)S(=O)(=O)C(=O)OC.[OH-]. The summed E-state index contributed by atoms with van der Waals surface area (Å²) in [6.45, 7) is 6.33. The van der Waals surface area contributed by atoms with Gasteiger partial charge in [0.1, 0.15) is 0 Å². The molecule has 0 bridgehead atoms. The van der Waals surface area contributed by atoms with Crippen LogP contribution in [0.5, 0.6) is 0 Å². The molecule has 0 unspecified atom stereocenters. The Morgan fingerprint density at radius 1 is 1.13 bits per heavy atom. The Labute approximate surface area is 90.8 Å². The molecule has 0 spiro atoms. The van der Waals surface area contributed by atoms with Gasteiger partial charge in [-0.05, 0) is 20.8 Å². The largest absolute Gasteiger partial charge is 0.870 e. The van der Waals surface area contributed by atoms with Crippen LogP contribution < -0.4 is 0 Å². The molecule has 0 rings (SSSR count). The van der Waals surface area contributed by atoms with Crippen molar-refractivity contribution >= 4 is 15.3 Å². The molecular formula is C8H19NO5S. The minimum Gasteiger partial charge on any atom is -0.870 e. The van der Waals surface area contributed by atoms with Crippen LogP contribution >= 0.6 is 0 Å². The second kappa shape index (κ2) is 6.04. The van der Waals surface area contributed by atoms with Gasteiger partial charge < -0.3 is 10.2 Å². The summed E-state index contributed by atoms with van der Waals surface area (Å²) < 4.78 is 27.6. The standard InChI is InChI=1S/C8H18NO4S.H2O/c1-5-9(6-2,7-3)14(11,12)8(10)13-4;/h5-7H2,1-4H3;1H2/q+1;/p-1. The van der Waals surface area contributed by atoms with Crippen LogP contribution in [0, 0.1) is 0 Å². The number of carbonyl (C=O) groups excluding carboxylic acids is 1. The Morgan fingerprint density at radius 2 is 1.47 bits per heavy atom. The van der Waals surface area contributed by atoms with Crippen LogP contribution in [0.2, 0.25) is 0 Å². The van der Waals surface area contributed by atoms with Crippen LogP contribution in [0.3, 0.4) is 0 Å². The van der Waals surface area contributed by atoms with E-state index in [1.807, 2.05) is 0 Å². The molecule has 0 saturated carbocycles. The van der Waals surface area contributed by atoms with Crippen molar-refractivity contribution in [3.8, 4) is 0 Å². The molecule has 0 aromatic rings. The van der Waals surface area contributed by atoms with E-state index < -0.39 is 15.3 Å². The van der Waals surface area contributed by atoms with Gasteiger partial charge in [0.15, 0.2) is 0 Å². The van der Waals surface area contributed by atoms with Crippen LogP contribution in [0.1, 0.15) is 20.8 Å². The highest BCUT2D eigenvalue weighted by Gasteiger charge is 2.44. The van der Waals surface area contributed by atoms with E-state index in [0.29, 0.717) is 19.6 Å². The lowest BCUT2D eigenvalue weighted by molar-refractivity contribution is -0.799. The highest BCUT2D eigenvalue weighted by Crippen LogP contribution is 2.16. The van der Waals surface area contributed by atoms with Gasteiger partial charge in [0, 0.05) is 0 Å². The van der Waals surface area contributed by atoms with Gasteiger partial charge in [-0.1, -0.05) is 0 Å². The van der Waals surface area contributed by atoms with Crippen LogP contribution in [0.15, 0.2) is 0 Å². The summed E-state index contributed by atoms with van der Waals surface area (Å²) in [5.41, 5.74) is 0. The average molecular weight is 241 g/mol. The molecule has 0 radical (unpaired) electrons. The zero-order valence-corrected chi connectivity index (χ0v) is 10.4. The molecule has 1 N–H and O–H groups in total. The lowest BCUT2D eigenvalue weighted by atomic mass is 10.5. The molecule has 0 fully saturated rings. The van der Waals surface area contributed by atoms with Gasteiger partial charge in [-0.25, -0.2) is 8.68 Å². The fraction of sp³-hybridized carbons (Fsp3) is 0.875. The number of sulfonamides is 1. The molecular weight excluding hydrogens is 222 g/mol. The summed E-state index contributed by atoms with van der Waals surface area (Å²) in [5, 5.41) is -1.15. The predicted octanol–water partition coefficient (Wildman–Crippen LogP) is 0.782. The lowest BCUT2D eigenvalue weighted by Crippen LogP contribution is -2.54. The van der Waals surface area contributed by atoms with Crippen molar-refractivity contribution in [2.75, 3.05) is 26.7 Å². The van der Waals surface area contributed by atoms with Crippen LogP contribution in [0.4, 0.5) is 4.79 Å². The van der Waals surface area contributed by atoms with Gasteiger partial charge in [0.05, 0.1) is 26.7 Å². The molecule has 0 atom stereocenters. The van der Waals surface area contributed by atoms with E-state index in [9.17, 15) is 13.2 Å². The fourth-order valence-electron chi connectivity index (χ4n) is 1.44. The van der Waals surface area contributed by atoms with E-state index in [2.05, 4.69) is 4.74 Å². The summed E-state index contributed by atoms with van der Waals surface area (Å²) in [6.07, 6.45) is 0. The molecule has 15 heavy (non-hydrogen) atoms. The van der Waals surface area contributed by atoms with E-state index in [1.165, 1.54) is 0 Å². The highest BCUT2D eigenvalue weighted by molar-refractivity contribution is 8.00. The zero-order valence-electron chi connectivity index (χ0n) is 9.56. The maximum atomic E-state index is 11.8. The van der Waals surface area contributed by atoms with Gasteiger partial charge >= 0.3 is 15.3 Å². The Balaban J connectivity index is 0. The van der Waals surface area contributed by atoms with Gasteiger partial charge in [-0.2, -0.15) is 8.42 Å². The van der Waals surface area contributed by atoms with Crippen LogP contribution in [-0.2, 0) is 14.8 Å². The third-order valence-corrected chi connectivity index (χ3v) is 5.00. The number of hydrogen-bond donors (Lipinski definition) is 0. The molecule has 0 heterocycles. The number of methoxy groups -OCH3 is 1. The van der Waals surface area contributed by atoms with Crippen molar-refractivity contribution in [3.63, 3.8) is 0 Å². The van der Waals surface area contributed by atoms with Gasteiger partial charge in [-0.3, -0.25) is 0 Å². The number of carbonyl (C=O) groups is 1. The minimum absolute atomic E-state index is 0. The Kier molecular flexibility index (Phi) is 6.75. The Bertz CT molecular complexity index is 286. The van der Waals surface area contributed by atoms with E-state index in [4.69, 9.17) is 0 Å². The second-order valence-corrected chi connectivity index (χ2v) is 4.99. The first kappa shape index (κ1) is 16.8. The Morgan fingerprint density at radius 3 is 1.67 bits per heavy atom. The highest BCUT2D eigenvalue weighted by atomic mass is 32.2. The molecule has 0 amide bonds. The number of nitrogens with zero attached hydrogens (tertiary/aromatic N) is 1. The van der Waals surface area contributed by atoms with E-state index in [0.717, 1.165) is 7.11 Å². The smallest absolute Gasteiger partial charge is 0.479 e. The number of ether oxygens (including phenoxy) is 1. The van der Waals surface area contributed by atoms with Crippen LogP contribution in [-0.4, -0.2) is 49.8 Å². The second-order valence-electron chi connectivity index (χ2n) is 2.94. The third-order valence-electron chi connectivity index (χ3n) is 2.62. The quantitative estimate of drug-likeness (QED) is 0.536. The van der Waals surface area contributed by atoms with Crippen molar-refractivity contribution in [2.45, 2.75) is 20.8 Å². The summed E-state index contributed by atoms with van der Waals surface area (Å²) >= 11 is 0. The first-order valence-electron chi connectivity index (χ1n) is 4.61. The molecule has 0 aliphatic carbocycles. The van der Waals surface area contributed by atoms with E-state index in [1.54, 1.807) is 20.8 Å². The number of hydrogen-bond acceptors (Lipinski definition) is 5. The summed E-state index contributed by atoms with van der Waals surface area (Å²) in [5.74, 6) is 0. The van der Waals surface area contributed by atoms with E-state index >= 15 is 0 Å². The van der Waals surface area contributed by atoms with Gasteiger partial charge in [0.25, 0.3) is 0 Å². The topological polar surface area (TPSA) is 90.4 Å². The van der Waals surface area contributed by atoms with Gasteiger partial charge in [-0.15, -0.1) is 0 Å². The van der Waals surface area contributed by atoms with Crippen molar-refractivity contribution in [2.24, 2.45) is 0 Å². The van der Waals surface area contributed by atoms with Crippen molar-refractivity contribution in [1.82, 2.24) is 0 Å². The molecule has 0 aliphatic rings. The monoisotopic (exact) mass is 241 g/mol. The van der Waals surface area contributed by atoms with Crippen molar-refractivity contribution < 1.29 is 27.3 Å². The molecule has 0 saturated heterocycles. The maximum absolute atomic E-state index is 11.8. The molecule has 0 aliphatic heterocycles. The van der Waals surface area contributed by atoms with E-state index in [-0.39, 0.29) is 9.36 Å². The van der Waals surface area contributed by atoms with Crippen molar-refractivity contribution in [3.05, 3.63) is 0 Å². The predicted molar refractivity (Wildman–Crippen MR) is 55.1 cm³/mol. The fourth-order valence-corrected chi connectivity index (χ4v) is 2.99. The third kappa shape index (κ3) is 2.67. The molecule has 6 nitrogen and oxygen atoms in total. The average Bonchev–Trinajstić information content (AvgIpc) is 2.19. The molecule has 7 heteroatoms. The minimum atomic E-state index is -3.89. The van der Waals surface area contributed by atoms with Gasteiger partial charge in [0.2, 0.25) is 0 Å². The number of quaternary nitrogens is 1. The normalized spacial score (nSPS) is 11.7. The summed E-state index contributed by atoms with van der Waals surface area (Å²) in [7, 11) is -2.81. The molecule has 0 aromatic carbocycles. The Hall–Kier alpha value is -0.660. The molecule has 92 valence electrons. The van der Waals surface area contributed by atoms with Crippen LogP contribution in [0.25, 0.3) is 0 Å². The summed E-state index contributed by atoms with van der Waals surface area (Å²) in [4.78, 5) is 11.1. The summed E-state index contributed by atoms with van der Waals surface area (Å²) in [6, 6.07) is 0. The first-order valence-corrected chi connectivity index (χ1v) is 6.05. The lowest BCUT2D eigenvalue weighted by Gasteiger charge is -2.31. The maximum Gasteiger partial charge on any atom is 0.479 e. The molecule has 0 aromatic heterocycles. The zero-order chi connectivity index (χ0) is 11.4. The van der Waals surface area contributed by atoms with Crippen molar-refractivity contribution in [1.29, 1.82) is 0 Å². The number of rotatable bonds is 4.